The van der Waals surface area contributed by atoms with Gasteiger partial charge < -0.3 is 15.9 Å². The van der Waals surface area contributed by atoms with Crippen molar-refractivity contribution in [3.63, 3.8) is 0 Å². The Kier molecular flexibility index (Phi) is 3.70. The fourth-order valence-electron chi connectivity index (χ4n) is 0.577. The van der Waals surface area contributed by atoms with Gasteiger partial charge in [0.1, 0.15) is 0 Å². The molecule has 0 saturated heterocycles. The predicted octanol–water partition coefficient (Wildman–Crippen LogP) is -0.0989. The van der Waals surface area contributed by atoms with E-state index in [-0.39, 0.29) is 0 Å². The second-order valence-corrected chi connectivity index (χ2v) is 2.31. The second kappa shape index (κ2) is 4.29. The summed E-state index contributed by atoms with van der Waals surface area (Å²) in [5, 5.41) is 19.6. The fraction of sp³-hybridized carbons (Fsp3) is 0.600. The van der Waals surface area contributed by atoms with Crippen molar-refractivity contribution in [1.82, 2.24) is 0 Å². The molecule has 0 rings (SSSR count). The zero-order valence-electron chi connectivity index (χ0n) is 6.54. The first-order valence-corrected chi connectivity index (χ1v) is 3.22. The van der Waals surface area contributed by atoms with Crippen LogP contribution in [0.3, 0.4) is 0 Å². The zero-order valence-corrected chi connectivity index (χ0v) is 6.54. The molecule has 0 heterocycles. The van der Waals surface area contributed by atoms with Gasteiger partial charge in [-0.1, -0.05) is 5.11 Å². The minimum absolute atomic E-state index is 0.443. The quantitative estimate of drug-likeness (QED) is 0.312. The summed E-state index contributed by atoms with van der Waals surface area (Å²) in [6.07, 6.45) is -0.913. The maximum Gasteiger partial charge on any atom is 0.329 e. The minimum atomic E-state index is -2.17. The van der Waals surface area contributed by atoms with Crippen LogP contribution in [0, 0.1) is 0 Å². The number of carbonyl (C=O) groups is 2. The van der Waals surface area contributed by atoms with Gasteiger partial charge in [0.05, 0.1) is 0 Å². The van der Waals surface area contributed by atoms with Crippen molar-refractivity contribution >= 4 is 11.9 Å². The molecule has 0 amide bonds. The molecule has 13 heavy (non-hydrogen) atoms. The van der Waals surface area contributed by atoms with E-state index in [2.05, 4.69) is 10.0 Å². The normalized spacial score (nSPS) is 13.9. The highest BCUT2D eigenvalue weighted by molar-refractivity contribution is 5.79. The number of carboxylic acids is 2. The molecule has 1 atom stereocenters. The van der Waals surface area contributed by atoms with Crippen LogP contribution in [0.2, 0.25) is 0 Å². The zero-order chi connectivity index (χ0) is 10.5. The summed E-state index contributed by atoms with van der Waals surface area (Å²) >= 11 is 0. The van der Waals surface area contributed by atoms with Crippen molar-refractivity contribution in [2.75, 3.05) is 0 Å². The molecule has 0 spiro atoms. The van der Waals surface area contributed by atoms with Crippen molar-refractivity contribution < 1.29 is 19.8 Å². The number of azide groups is 1. The largest absolute Gasteiger partial charge is 0.481 e. The third-order valence-corrected chi connectivity index (χ3v) is 1.31. The summed E-state index contributed by atoms with van der Waals surface area (Å²) in [5.74, 6) is -2.75. The van der Waals surface area contributed by atoms with Gasteiger partial charge in [-0.3, -0.25) is 9.59 Å². The summed E-state index contributed by atoms with van der Waals surface area (Å²) in [5.41, 5.74) is 10.9. The van der Waals surface area contributed by atoms with Crippen LogP contribution in [-0.2, 0) is 9.59 Å². The molecule has 0 aromatic carbocycles. The SMILES string of the molecule is [N-]=[N+]=NC(N)(CCC(=O)O)C(=O)O. The molecular weight excluding hydrogens is 180 g/mol. The van der Waals surface area contributed by atoms with Gasteiger partial charge in [0.25, 0.3) is 0 Å². The van der Waals surface area contributed by atoms with Gasteiger partial charge in [-0.25, -0.2) is 0 Å². The highest BCUT2D eigenvalue weighted by Crippen LogP contribution is 2.12. The van der Waals surface area contributed by atoms with Crippen LogP contribution in [0.25, 0.3) is 10.4 Å². The first-order chi connectivity index (χ1) is 5.92. The Morgan fingerprint density at radius 3 is 2.38 bits per heavy atom. The maximum atomic E-state index is 10.4. The van der Waals surface area contributed by atoms with Crippen LogP contribution in [0.5, 0.6) is 0 Å². The van der Waals surface area contributed by atoms with Gasteiger partial charge in [0.15, 0.2) is 5.66 Å². The lowest BCUT2D eigenvalue weighted by atomic mass is 10.1. The molecule has 4 N–H and O–H groups in total. The van der Waals surface area contributed by atoms with Crippen molar-refractivity contribution in [3.05, 3.63) is 10.4 Å². The van der Waals surface area contributed by atoms with E-state index in [1.807, 2.05) is 0 Å². The van der Waals surface area contributed by atoms with E-state index in [4.69, 9.17) is 21.5 Å². The third-order valence-electron chi connectivity index (χ3n) is 1.31. The monoisotopic (exact) mass is 188 g/mol. The van der Waals surface area contributed by atoms with Gasteiger partial charge in [0.2, 0.25) is 0 Å². The van der Waals surface area contributed by atoms with Crippen molar-refractivity contribution in [2.24, 2.45) is 10.8 Å². The number of rotatable bonds is 5. The number of carboxylic acid groups (broad SMARTS) is 2. The lowest BCUT2D eigenvalue weighted by molar-refractivity contribution is -0.144. The average molecular weight is 188 g/mol. The van der Waals surface area contributed by atoms with Gasteiger partial charge >= 0.3 is 11.9 Å². The number of nitrogens with zero attached hydrogens (tertiary/aromatic N) is 3. The van der Waals surface area contributed by atoms with Crippen LogP contribution in [-0.4, -0.2) is 27.8 Å². The minimum Gasteiger partial charge on any atom is -0.481 e. The molecule has 0 aromatic heterocycles. The number of hydrogen-bond donors (Lipinski definition) is 3. The molecule has 0 aromatic rings. The van der Waals surface area contributed by atoms with E-state index in [1.54, 1.807) is 0 Å². The van der Waals surface area contributed by atoms with Crippen molar-refractivity contribution in [3.8, 4) is 0 Å². The Hall–Kier alpha value is -1.79. The first kappa shape index (κ1) is 11.2. The number of nitrogens with two attached hydrogens (primary N) is 1. The second-order valence-electron chi connectivity index (χ2n) is 2.31. The molecule has 1 unspecified atom stereocenters. The Morgan fingerprint density at radius 2 is 2.08 bits per heavy atom. The molecule has 0 fully saturated rings. The van der Waals surface area contributed by atoms with Crippen LogP contribution in [0.1, 0.15) is 12.8 Å². The molecule has 0 bridgehead atoms. The molecule has 72 valence electrons. The van der Waals surface area contributed by atoms with Crippen LogP contribution < -0.4 is 5.73 Å². The summed E-state index contributed by atoms with van der Waals surface area (Å²) in [4.78, 5) is 22.8. The molecule has 8 nitrogen and oxygen atoms in total. The smallest absolute Gasteiger partial charge is 0.329 e. The van der Waals surface area contributed by atoms with E-state index in [1.165, 1.54) is 0 Å². The third kappa shape index (κ3) is 3.41. The molecule has 0 saturated carbocycles. The standard InChI is InChI=1S/C5H8N4O4/c6-5(4(12)13,8-9-7)2-1-3(10)11/h1-2,6H2,(H,10,11)(H,12,13). The molecule has 0 aliphatic rings. The van der Waals surface area contributed by atoms with Crippen LogP contribution in [0.4, 0.5) is 0 Å². The van der Waals surface area contributed by atoms with Crippen LogP contribution >= 0.6 is 0 Å². The lowest BCUT2D eigenvalue weighted by Gasteiger charge is -2.16. The Bertz CT molecular complexity index is 268. The first-order valence-electron chi connectivity index (χ1n) is 3.22. The van der Waals surface area contributed by atoms with Gasteiger partial charge in [-0.15, -0.1) is 0 Å². The van der Waals surface area contributed by atoms with E-state index >= 15 is 0 Å². The Morgan fingerprint density at radius 1 is 1.54 bits per heavy atom. The van der Waals surface area contributed by atoms with Gasteiger partial charge in [0, 0.05) is 11.3 Å². The number of hydrogen-bond acceptors (Lipinski definition) is 4. The molecule has 0 aliphatic heterocycles. The summed E-state index contributed by atoms with van der Waals surface area (Å²) in [7, 11) is 0. The average Bonchev–Trinajstić information content (AvgIpc) is 2.01. The van der Waals surface area contributed by atoms with E-state index in [0.29, 0.717) is 0 Å². The molecule has 0 aliphatic carbocycles. The number of aliphatic carboxylic acids is 2. The highest BCUT2D eigenvalue weighted by atomic mass is 16.4. The summed E-state index contributed by atoms with van der Waals surface area (Å²) < 4.78 is 0. The molecular formula is C5H8N4O4. The van der Waals surface area contributed by atoms with Gasteiger partial charge in [-0.2, -0.15) is 0 Å². The molecule has 0 radical (unpaired) electrons. The maximum absolute atomic E-state index is 10.4. The Balaban J connectivity index is 4.51. The van der Waals surface area contributed by atoms with Crippen molar-refractivity contribution in [2.45, 2.75) is 18.5 Å². The highest BCUT2D eigenvalue weighted by Gasteiger charge is 2.33. The van der Waals surface area contributed by atoms with Crippen LogP contribution in [0.15, 0.2) is 5.11 Å². The van der Waals surface area contributed by atoms with Gasteiger partial charge in [-0.05, 0) is 12.0 Å². The summed E-state index contributed by atoms with van der Waals surface area (Å²) in [6.45, 7) is 0. The van der Waals surface area contributed by atoms with Crippen molar-refractivity contribution in [1.29, 1.82) is 0 Å². The topological polar surface area (TPSA) is 149 Å². The molecule has 8 heteroatoms. The van der Waals surface area contributed by atoms with E-state index in [9.17, 15) is 9.59 Å². The van der Waals surface area contributed by atoms with E-state index in [0.717, 1.165) is 0 Å². The lowest BCUT2D eigenvalue weighted by Crippen LogP contribution is -2.46. The van der Waals surface area contributed by atoms with E-state index < -0.39 is 30.4 Å². The summed E-state index contributed by atoms with van der Waals surface area (Å²) in [6, 6.07) is 0. The predicted molar refractivity (Wildman–Crippen MR) is 40.6 cm³/mol. The Labute approximate surface area is 72.6 Å². The fourth-order valence-corrected chi connectivity index (χ4v) is 0.577.